The zero-order valence-corrected chi connectivity index (χ0v) is 6.26. The summed E-state index contributed by atoms with van der Waals surface area (Å²) < 4.78 is 5.26. The van der Waals surface area contributed by atoms with Crippen molar-refractivity contribution < 1.29 is 4.74 Å². The molecular weight excluding hydrogens is 114 g/mol. The molecule has 2 heteroatoms. The predicted molar refractivity (Wildman–Crippen MR) is 40.1 cm³/mol. The van der Waals surface area contributed by atoms with E-state index in [0.29, 0.717) is 6.10 Å². The molecule has 0 aliphatic heterocycles. The number of hydrogen-bond acceptors (Lipinski definition) is 2. The molecule has 9 heavy (non-hydrogen) atoms. The molecule has 0 aromatic rings. The monoisotopic (exact) mass is 129 g/mol. The van der Waals surface area contributed by atoms with E-state index in [0.717, 1.165) is 19.6 Å². The van der Waals surface area contributed by atoms with Crippen LogP contribution in [0.5, 0.6) is 0 Å². The number of ether oxygens (including phenoxy) is 1. The van der Waals surface area contributed by atoms with E-state index in [1.165, 1.54) is 0 Å². The van der Waals surface area contributed by atoms with Crippen molar-refractivity contribution in [2.75, 3.05) is 13.2 Å². The van der Waals surface area contributed by atoms with Crippen LogP contribution in [0.4, 0.5) is 0 Å². The standard InChI is InChI=1S/C7H15NO/c1-7(2)9-6-4-5-8-3/h7H,3-6H2,1-2H3. The Morgan fingerprint density at radius 1 is 1.56 bits per heavy atom. The highest BCUT2D eigenvalue weighted by Gasteiger charge is 1.90. The zero-order chi connectivity index (χ0) is 7.11. The molecule has 0 unspecified atom stereocenters. The molecule has 0 fully saturated rings. The van der Waals surface area contributed by atoms with E-state index in [1.807, 2.05) is 13.8 Å². The van der Waals surface area contributed by atoms with Gasteiger partial charge in [-0.3, -0.25) is 0 Å². The Balaban J connectivity index is 2.82. The number of aliphatic imine (C=N–C) groups is 1. The topological polar surface area (TPSA) is 21.6 Å². The molecule has 0 N–H and O–H groups in total. The van der Waals surface area contributed by atoms with Gasteiger partial charge in [0.25, 0.3) is 0 Å². The lowest BCUT2D eigenvalue weighted by Gasteiger charge is -2.04. The third kappa shape index (κ3) is 7.63. The fourth-order valence-corrected chi connectivity index (χ4v) is 0.495. The van der Waals surface area contributed by atoms with Crippen molar-refractivity contribution >= 4 is 6.72 Å². The summed E-state index contributed by atoms with van der Waals surface area (Å²) in [6, 6.07) is 0. The first kappa shape index (κ1) is 8.63. The lowest BCUT2D eigenvalue weighted by atomic mass is 10.4. The van der Waals surface area contributed by atoms with Gasteiger partial charge in [0.15, 0.2) is 0 Å². The first-order valence-electron chi connectivity index (χ1n) is 3.31. The SMILES string of the molecule is C=NCCCOC(C)C. The molecule has 0 radical (unpaired) electrons. The van der Waals surface area contributed by atoms with Crippen molar-refractivity contribution in [2.24, 2.45) is 4.99 Å². The quantitative estimate of drug-likeness (QED) is 0.407. The fraction of sp³-hybridized carbons (Fsp3) is 0.857. The Labute approximate surface area is 56.9 Å². The van der Waals surface area contributed by atoms with Crippen LogP contribution in [0.3, 0.4) is 0 Å². The summed E-state index contributed by atoms with van der Waals surface area (Å²) >= 11 is 0. The number of nitrogens with zero attached hydrogens (tertiary/aromatic N) is 1. The summed E-state index contributed by atoms with van der Waals surface area (Å²) in [5.74, 6) is 0. The smallest absolute Gasteiger partial charge is 0.0518 e. The number of hydrogen-bond donors (Lipinski definition) is 0. The van der Waals surface area contributed by atoms with E-state index in [9.17, 15) is 0 Å². The minimum atomic E-state index is 0.342. The Hall–Kier alpha value is -0.370. The van der Waals surface area contributed by atoms with Crippen LogP contribution in [0.2, 0.25) is 0 Å². The molecule has 0 atom stereocenters. The maximum absolute atomic E-state index is 5.26. The molecule has 0 rings (SSSR count). The third-order valence-corrected chi connectivity index (χ3v) is 0.912. The Bertz CT molecular complexity index is 71.3. The second-order valence-corrected chi connectivity index (χ2v) is 2.22. The Kier molecular flexibility index (Phi) is 5.52. The maximum atomic E-state index is 5.26. The van der Waals surface area contributed by atoms with Crippen LogP contribution in [0.25, 0.3) is 0 Å². The average Bonchev–Trinajstić information content (AvgIpc) is 1.80. The normalized spacial score (nSPS) is 10.1. The molecule has 54 valence electrons. The van der Waals surface area contributed by atoms with E-state index in [1.54, 1.807) is 0 Å². The molecule has 2 nitrogen and oxygen atoms in total. The lowest BCUT2D eigenvalue weighted by Crippen LogP contribution is -2.04. The van der Waals surface area contributed by atoms with Crippen molar-refractivity contribution in [1.82, 2.24) is 0 Å². The van der Waals surface area contributed by atoms with Gasteiger partial charge in [0.2, 0.25) is 0 Å². The molecule has 0 heterocycles. The Morgan fingerprint density at radius 2 is 2.22 bits per heavy atom. The van der Waals surface area contributed by atoms with E-state index < -0.39 is 0 Å². The summed E-state index contributed by atoms with van der Waals surface area (Å²) in [4.78, 5) is 3.70. The van der Waals surface area contributed by atoms with Gasteiger partial charge in [-0.05, 0) is 27.0 Å². The van der Waals surface area contributed by atoms with Gasteiger partial charge in [-0.1, -0.05) is 0 Å². The van der Waals surface area contributed by atoms with Crippen LogP contribution < -0.4 is 0 Å². The summed E-state index contributed by atoms with van der Waals surface area (Å²) in [6.07, 6.45) is 1.33. The molecule has 0 aromatic carbocycles. The van der Waals surface area contributed by atoms with Crippen molar-refractivity contribution in [3.8, 4) is 0 Å². The van der Waals surface area contributed by atoms with E-state index in [-0.39, 0.29) is 0 Å². The minimum Gasteiger partial charge on any atom is -0.379 e. The van der Waals surface area contributed by atoms with Crippen LogP contribution in [-0.2, 0) is 4.74 Å². The van der Waals surface area contributed by atoms with Crippen LogP contribution in [-0.4, -0.2) is 26.0 Å². The molecule has 0 aromatic heterocycles. The highest BCUT2D eigenvalue weighted by molar-refractivity contribution is 5.22. The van der Waals surface area contributed by atoms with E-state index in [4.69, 9.17) is 4.74 Å². The van der Waals surface area contributed by atoms with Gasteiger partial charge in [0.1, 0.15) is 0 Å². The van der Waals surface area contributed by atoms with Gasteiger partial charge in [0, 0.05) is 13.2 Å². The average molecular weight is 129 g/mol. The molecular formula is C7H15NO. The maximum Gasteiger partial charge on any atom is 0.0518 e. The predicted octanol–water partition coefficient (Wildman–Crippen LogP) is 1.50. The van der Waals surface area contributed by atoms with Crippen molar-refractivity contribution in [1.29, 1.82) is 0 Å². The van der Waals surface area contributed by atoms with Crippen LogP contribution in [0.1, 0.15) is 20.3 Å². The molecule has 0 aliphatic carbocycles. The molecule has 0 amide bonds. The summed E-state index contributed by atoms with van der Waals surface area (Å²) in [5.41, 5.74) is 0. The van der Waals surface area contributed by atoms with E-state index in [2.05, 4.69) is 11.7 Å². The second-order valence-electron chi connectivity index (χ2n) is 2.22. The fourth-order valence-electron chi connectivity index (χ4n) is 0.495. The third-order valence-electron chi connectivity index (χ3n) is 0.912. The second kappa shape index (κ2) is 5.76. The van der Waals surface area contributed by atoms with E-state index >= 15 is 0 Å². The van der Waals surface area contributed by atoms with Crippen molar-refractivity contribution in [2.45, 2.75) is 26.4 Å². The lowest BCUT2D eigenvalue weighted by molar-refractivity contribution is 0.0783. The van der Waals surface area contributed by atoms with Crippen LogP contribution in [0, 0.1) is 0 Å². The van der Waals surface area contributed by atoms with Gasteiger partial charge in [0.05, 0.1) is 6.10 Å². The van der Waals surface area contributed by atoms with Gasteiger partial charge >= 0.3 is 0 Å². The summed E-state index contributed by atoms with van der Waals surface area (Å²) in [6.45, 7) is 9.04. The minimum absolute atomic E-state index is 0.342. The van der Waals surface area contributed by atoms with Crippen molar-refractivity contribution in [3.05, 3.63) is 0 Å². The van der Waals surface area contributed by atoms with Gasteiger partial charge in [-0.2, -0.15) is 0 Å². The first-order chi connectivity index (χ1) is 4.27. The summed E-state index contributed by atoms with van der Waals surface area (Å²) in [7, 11) is 0. The zero-order valence-electron chi connectivity index (χ0n) is 6.26. The summed E-state index contributed by atoms with van der Waals surface area (Å²) in [5, 5.41) is 0. The molecule has 0 spiro atoms. The first-order valence-corrected chi connectivity index (χ1v) is 3.31. The molecule has 0 aliphatic rings. The van der Waals surface area contributed by atoms with Crippen LogP contribution in [0.15, 0.2) is 4.99 Å². The number of rotatable bonds is 5. The highest BCUT2D eigenvalue weighted by Crippen LogP contribution is 1.89. The Morgan fingerprint density at radius 3 is 2.67 bits per heavy atom. The van der Waals surface area contributed by atoms with Gasteiger partial charge in [-0.15, -0.1) is 0 Å². The highest BCUT2D eigenvalue weighted by atomic mass is 16.5. The van der Waals surface area contributed by atoms with Gasteiger partial charge < -0.3 is 9.73 Å². The van der Waals surface area contributed by atoms with Crippen molar-refractivity contribution in [3.63, 3.8) is 0 Å². The largest absolute Gasteiger partial charge is 0.379 e. The van der Waals surface area contributed by atoms with Gasteiger partial charge in [-0.25, -0.2) is 0 Å². The molecule has 0 saturated heterocycles. The van der Waals surface area contributed by atoms with Crippen LogP contribution >= 0.6 is 0 Å². The molecule has 0 saturated carbocycles. The molecule has 0 bridgehead atoms.